The van der Waals surface area contributed by atoms with E-state index in [-0.39, 0.29) is 5.54 Å². The van der Waals surface area contributed by atoms with Gasteiger partial charge in [0.15, 0.2) is 0 Å². The third-order valence-corrected chi connectivity index (χ3v) is 3.69. The molecule has 0 bridgehead atoms. The number of rotatable bonds is 4. The van der Waals surface area contributed by atoms with Crippen LogP contribution in [-0.4, -0.2) is 31.2 Å². The van der Waals surface area contributed by atoms with Gasteiger partial charge in [0.2, 0.25) is 0 Å². The first kappa shape index (κ1) is 13.6. The Kier molecular flexibility index (Phi) is 3.62. The molecule has 0 saturated heterocycles. The minimum Gasteiger partial charge on any atom is -0.496 e. The number of ether oxygens (including phenoxy) is 1. The highest BCUT2D eigenvalue weighted by molar-refractivity contribution is 5.96. The fourth-order valence-electron chi connectivity index (χ4n) is 2.03. The van der Waals surface area contributed by atoms with Crippen LogP contribution in [0.3, 0.4) is 0 Å². The zero-order valence-electron chi connectivity index (χ0n) is 12.0. The monoisotopic (exact) mass is 259 g/mol. The first-order valence-corrected chi connectivity index (χ1v) is 6.37. The normalized spacial score (nSPS) is 11.6. The molecule has 0 atom stereocenters. The Hall–Kier alpha value is -1.81. The van der Waals surface area contributed by atoms with E-state index in [1.165, 1.54) is 0 Å². The lowest BCUT2D eigenvalue weighted by molar-refractivity contribution is 0.420. The van der Waals surface area contributed by atoms with Crippen molar-refractivity contribution < 1.29 is 4.74 Å². The largest absolute Gasteiger partial charge is 0.496 e. The molecule has 1 heterocycles. The molecular weight excluding hydrogens is 238 g/mol. The molecule has 0 aliphatic carbocycles. The number of anilines is 1. The van der Waals surface area contributed by atoms with Gasteiger partial charge in [0.1, 0.15) is 11.6 Å². The molecule has 0 unspecified atom stereocenters. The average Bonchev–Trinajstić information content (AvgIpc) is 2.45. The van der Waals surface area contributed by atoms with Crippen LogP contribution in [-0.2, 0) is 0 Å². The van der Waals surface area contributed by atoms with Crippen molar-refractivity contribution >= 4 is 16.6 Å². The van der Waals surface area contributed by atoms with Gasteiger partial charge in [0.05, 0.1) is 7.11 Å². The first-order valence-electron chi connectivity index (χ1n) is 6.37. The summed E-state index contributed by atoms with van der Waals surface area (Å²) in [6, 6.07) is 7.97. The molecule has 2 rings (SSSR count). The summed E-state index contributed by atoms with van der Waals surface area (Å²) in [5.74, 6) is 1.78. The molecule has 4 heteroatoms. The van der Waals surface area contributed by atoms with E-state index >= 15 is 0 Å². The molecular formula is C15H21N3O. The van der Waals surface area contributed by atoms with Gasteiger partial charge in [0, 0.05) is 36.1 Å². The summed E-state index contributed by atoms with van der Waals surface area (Å²) >= 11 is 0. The van der Waals surface area contributed by atoms with Crippen LogP contribution >= 0.6 is 0 Å². The molecule has 1 aromatic heterocycles. The van der Waals surface area contributed by atoms with Gasteiger partial charge in [-0.3, -0.25) is 0 Å². The van der Waals surface area contributed by atoms with E-state index in [9.17, 15) is 0 Å². The fourth-order valence-corrected chi connectivity index (χ4v) is 2.03. The number of benzene rings is 1. The van der Waals surface area contributed by atoms with Gasteiger partial charge >= 0.3 is 0 Å². The van der Waals surface area contributed by atoms with Gasteiger partial charge in [-0.2, -0.15) is 0 Å². The predicted octanol–water partition coefficient (Wildman–Crippen LogP) is 2.42. The maximum Gasteiger partial charge on any atom is 0.136 e. The summed E-state index contributed by atoms with van der Waals surface area (Å²) in [4.78, 5) is 6.63. The minimum atomic E-state index is -0.148. The van der Waals surface area contributed by atoms with Crippen molar-refractivity contribution in [1.82, 2.24) is 4.98 Å². The Morgan fingerprint density at radius 3 is 2.63 bits per heavy atom. The molecule has 0 radical (unpaired) electrons. The maximum absolute atomic E-state index is 5.85. The van der Waals surface area contributed by atoms with Crippen molar-refractivity contribution in [3.05, 3.63) is 30.5 Å². The number of likely N-dealkylation sites (N-methyl/N-ethyl adjacent to an activating group) is 1. The number of nitrogens with zero attached hydrogens (tertiary/aromatic N) is 2. The van der Waals surface area contributed by atoms with Crippen LogP contribution in [0, 0.1) is 0 Å². The molecule has 1 aromatic carbocycles. The van der Waals surface area contributed by atoms with Gasteiger partial charge in [-0.05, 0) is 26.0 Å². The summed E-state index contributed by atoms with van der Waals surface area (Å²) in [7, 11) is 3.70. The van der Waals surface area contributed by atoms with Gasteiger partial charge in [-0.25, -0.2) is 4.98 Å². The molecule has 19 heavy (non-hydrogen) atoms. The van der Waals surface area contributed by atoms with Crippen molar-refractivity contribution in [3.8, 4) is 5.75 Å². The summed E-state index contributed by atoms with van der Waals surface area (Å²) in [6.45, 7) is 4.77. The van der Waals surface area contributed by atoms with Crippen molar-refractivity contribution in [2.24, 2.45) is 5.73 Å². The first-order chi connectivity index (χ1) is 9.01. The van der Waals surface area contributed by atoms with Crippen molar-refractivity contribution in [1.29, 1.82) is 0 Å². The Bertz CT molecular complexity index is 581. The van der Waals surface area contributed by atoms with E-state index in [4.69, 9.17) is 10.5 Å². The Labute approximate surface area is 114 Å². The second-order valence-corrected chi connectivity index (χ2v) is 5.27. The van der Waals surface area contributed by atoms with Crippen LogP contribution in [0.25, 0.3) is 10.8 Å². The number of methoxy groups -OCH3 is 1. The highest BCUT2D eigenvalue weighted by Crippen LogP contribution is 2.32. The standard InChI is InChI=1S/C15H21N3O/c1-15(2,10-16)18(3)14-12-6-5-7-13(19-4)11(12)8-9-17-14/h5-9H,10,16H2,1-4H3. The topological polar surface area (TPSA) is 51.4 Å². The van der Waals surface area contributed by atoms with Crippen molar-refractivity contribution in [2.45, 2.75) is 19.4 Å². The Morgan fingerprint density at radius 2 is 2.00 bits per heavy atom. The average molecular weight is 259 g/mol. The Balaban J connectivity index is 2.62. The Morgan fingerprint density at radius 1 is 1.26 bits per heavy atom. The number of hydrogen-bond acceptors (Lipinski definition) is 4. The van der Waals surface area contributed by atoms with E-state index in [1.807, 2.05) is 31.4 Å². The molecule has 0 amide bonds. The lowest BCUT2D eigenvalue weighted by Gasteiger charge is -2.36. The summed E-state index contributed by atoms with van der Waals surface area (Å²) in [6.07, 6.45) is 1.81. The second-order valence-electron chi connectivity index (χ2n) is 5.27. The third kappa shape index (κ3) is 2.36. The molecule has 0 fully saturated rings. The minimum absolute atomic E-state index is 0.148. The predicted molar refractivity (Wildman–Crippen MR) is 79.8 cm³/mol. The lowest BCUT2D eigenvalue weighted by atomic mass is 10.0. The van der Waals surface area contributed by atoms with Crippen LogP contribution in [0.1, 0.15) is 13.8 Å². The molecule has 102 valence electrons. The van der Waals surface area contributed by atoms with Crippen LogP contribution in [0.2, 0.25) is 0 Å². The van der Waals surface area contributed by atoms with E-state index < -0.39 is 0 Å². The summed E-state index contributed by atoms with van der Waals surface area (Å²) in [5.41, 5.74) is 5.70. The molecule has 2 aromatic rings. The zero-order valence-corrected chi connectivity index (χ0v) is 12.0. The molecule has 4 nitrogen and oxygen atoms in total. The van der Waals surface area contributed by atoms with Gasteiger partial charge in [-0.1, -0.05) is 12.1 Å². The lowest BCUT2D eigenvalue weighted by Crippen LogP contribution is -2.47. The molecule has 0 spiro atoms. The third-order valence-electron chi connectivity index (χ3n) is 3.69. The SMILES string of the molecule is COc1cccc2c(N(C)C(C)(C)CN)nccc12. The van der Waals surface area contributed by atoms with Crippen LogP contribution in [0.5, 0.6) is 5.75 Å². The highest BCUT2D eigenvalue weighted by Gasteiger charge is 2.24. The van der Waals surface area contributed by atoms with Gasteiger partial charge in [-0.15, -0.1) is 0 Å². The highest BCUT2D eigenvalue weighted by atomic mass is 16.5. The summed E-state index contributed by atoms with van der Waals surface area (Å²) < 4.78 is 5.40. The van der Waals surface area contributed by atoms with E-state index in [2.05, 4.69) is 29.8 Å². The molecule has 2 N–H and O–H groups in total. The number of aromatic nitrogens is 1. The quantitative estimate of drug-likeness (QED) is 0.916. The fraction of sp³-hybridized carbons (Fsp3) is 0.400. The summed E-state index contributed by atoms with van der Waals surface area (Å²) in [5, 5.41) is 2.14. The molecule has 0 aliphatic rings. The van der Waals surface area contributed by atoms with Crippen LogP contribution in [0.4, 0.5) is 5.82 Å². The zero-order chi connectivity index (χ0) is 14.0. The van der Waals surface area contributed by atoms with E-state index in [0.29, 0.717) is 6.54 Å². The molecule has 0 saturated carbocycles. The number of hydrogen-bond donors (Lipinski definition) is 1. The van der Waals surface area contributed by atoms with Gasteiger partial charge < -0.3 is 15.4 Å². The van der Waals surface area contributed by atoms with Crippen LogP contribution in [0.15, 0.2) is 30.5 Å². The number of fused-ring (bicyclic) bond motifs is 1. The van der Waals surface area contributed by atoms with E-state index in [1.54, 1.807) is 7.11 Å². The van der Waals surface area contributed by atoms with Crippen molar-refractivity contribution in [3.63, 3.8) is 0 Å². The van der Waals surface area contributed by atoms with Gasteiger partial charge in [0.25, 0.3) is 0 Å². The smallest absolute Gasteiger partial charge is 0.136 e. The van der Waals surface area contributed by atoms with Crippen LogP contribution < -0.4 is 15.4 Å². The number of nitrogens with two attached hydrogens (primary N) is 1. The van der Waals surface area contributed by atoms with E-state index in [0.717, 1.165) is 22.3 Å². The molecule has 0 aliphatic heterocycles. The maximum atomic E-state index is 5.85. The second kappa shape index (κ2) is 5.05. The number of pyridine rings is 1. The van der Waals surface area contributed by atoms with Crippen molar-refractivity contribution in [2.75, 3.05) is 25.6 Å².